The third-order valence-electron chi connectivity index (χ3n) is 4.15. The minimum absolute atomic E-state index is 0.0528. The molecule has 0 spiro atoms. The summed E-state index contributed by atoms with van der Waals surface area (Å²) in [5.41, 5.74) is 5.70. The molecule has 0 bridgehead atoms. The number of carbonyl (C=O) groups is 1. The van der Waals surface area contributed by atoms with E-state index in [1.165, 1.54) is 5.56 Å². The zero-order valence-electron chi connectivity index (χ0n) is 13.6. The second kappa shape index (κ2) is 6.61. The van der Waals surface area contributed by atoms with Crippen molar-refractivity contribution in [3.05, 3.63) is 84.7 Å². The van der Waals surface area contributed by atoms with Crippen LogP contribution in [0.2, 0.25) is 0 Å². The van der Waals surface area contributed by atoms with Gasteiger partial charge in [-0.05, 0) is 28.8 Å². The van der Waals surface area contributed by atoms with Gasteiger partial charge in [-0.3, -0.25) is 4.79 Å². The van der Waals surface area contributed by atoms with Crippen LogP contribution in [0.4, 0.5) is 5.69 Å². The number of fused-ring (bicyclic) bond motifs is 1. The molecular weight excluding hydrogens is 310 g/mol. The van der Waals surface area contributed by atoms with Crippen LogP contribution in [0.3, 0.4) is 0 Å². The number of nitrogens with one attached hydrogen (secondary N) is 2. The third-order valence-corrected chi connectivity index (χ3v) is 4.15. The molecule has 1 heterocycles. The molecule has 25 heavy (non-hydrogen) atoms. The number of nitrogens with zero attached hydrogens (tertiary/aromatic N) is 1. The summed E-state index contributed by atoms with van der Waals surface area (Å²) in [5, 5.41) is 2.94. The third kappa shape index (κ3) is 3.28. The minimum Gasteiger partial charge on any atom is -0.345 e. The van der Waals surface area contributed by atoms with E-state index in [0.717, 1.165) is 27.8 Å². The highest BCUT2D eigenvalue weighted by atomic mass is 16.1. The topological polar surface area (TPSA) is 57.8 Å². The van der Waals surface area contributed by atoms with Gasteiger partial charge in [-0.2, -0.15) is 0 Å². The molecule has 3 aromatic carbocycles. The number of anilines is 1. The zero-order valence-corrected chi connectivity index (χ0v) is 13.6. The smallest absolute Gasteiger partial charge is 0.228 e. The second-order valence-electron chi connectivity index (χ2n) is 5.89. The van der Waals surface area contributed by atoms with Gasteiger partial charge in [0.2, 0.25) is 5.91 Å². The van der Waals surface area contributed by atoms with Crippen LogP contribution in [-0.2, 0) is 11.2 Å². The molecule has 0 radical (unpaired) electrons. The second-order valence-corrected chi connectivity index (χ2v) is 5.89. The van der Waals surface area contributed by atoms with Gasteiger partial charge in [0.15, 0.2) is 0 Å². The number of benzene rings is 3. The fourth-order valence-electron chi connectivity index (χ4n) is 2.89. The Morgan fingerprint density at radius 1 is 0.880 bits per heavy atom. The van der Waals surface area contributed by atoms with E-state index in [0.29, 0.717) is 6.42 Å². The predicted octanol–water partition coefficient (Wildman–Crippen LogP) is 4.41. The molecule has 4 rings (SSSR count). The van der Waals surface area contributed by atoms with Gasteiger partial charge < -0.3 is 10.3 Å². The highest BCUT2D eigenvalue weighted by Crippen LogP contribution is 2.21. The number of aromatic amines is 1. The summed E-state index contributed by atoms with van der Waals surface area (Å²) in [6.45, 7) is 0. The molecule has 0 saturated heterocycles. The van der Waals surface area contributed by atoms with Crippen LogP contribution >= 0.6 is 0 Å². The average molecular weight is 327 g/mol. The lowest BCUT2D eigenvalue weighted by atomic mass is 10.0. The number of carbonyl (C=O) groups excluding carboxylic acids is 1. The zero-order chi connectivity index (χ0) is 17.1. The number of hydrogen-bond donors (Lipinski definition) is 2. The van der Waals surface area contributed by atoms with Crippen molar-refractivity contribution in [2.45, 2.75) is 6.42 Å². The molecule has 0 aliphatic heterocycles. The minimum atomic E-state index is -0.0528. The Morgan fingerprint density at radius 2 is 1.64 bits per heavy atom. The number of para-hydroxylation sites is 1. The van der Waals surface area contributed by atoms with Gasteiger partial charge in [0.25, 0.3) is 0 Å². The number of imidazole rings is 1. The molecule has 4 heteroatoms. The van der Waals surface area contributed by atoms with E-state index in [4.69, 9.17) is 0 Å². The molecule has 1 amide bonds. The van der Waals surface area contributed by atoms with Gasteiger partial charge in [0.1, 0.15) is 5.52 Å². The fourth-order valence-corrected chi connectivity index (χ4v) is 2.89. The van der Waals surface area contributed by atoms with Crippen molar-refractivity contribution in [2.24, 2.45) is 0 Å². The standard InChI is InChI=1S/C21H17N3O/c25-20(24-19-8-4-7-18-21(19)23-14-22-18)13-15-9-11-17(12-10-15)16-5-2-1-3-6-16/h1-12,14H,13H2,(H,22,23)(H,24,25). The van der Waals surface area contributed by atoms with Crippen LogP contribution in [0.5, 0.6) is 0 Å². The van der Waals surface area contributed by atoms with Gasteiger partial charge in [0.05, 0.1) is 24.0 Å². The normalized spacial score (nSPS) is 10.7. The van der Waals surface area contributed by atoms with Gasteiger partial charge in [0, 0.05) is 0 Å². The predicted molar refractivity (Wildman–Crippen MR) is 100 cm³/mol. The SMILES string of the molecule is O=C(Cc1ccc(-c2ccccc2)cc1)Nc1cccc2[nH]cnc12. The molecule has 0 aliphatic carbocycles. The Labute approximate surface area is 145 Å². The van der Waals surface area contributed by atoms with E-state index in [-0.39, 0.29) is 5.91 Å². The van der Waals surface area contributed by atoms with Crippen molar-refractivity contribution in [2.75, 3.05) is 5.32 Å². The summed E-state index contributed by atoms with van der Waals surface area (Å²) in [7, 11) is 0. The Hall–Kier alpha value is -3.40. The molecule has 4 aromatic rings. The number of hydrogen-bond acceptors (Lipinski definition) is 2. The first-order valence-corrected chi connectivity index (χ1v) is 8.16. The van der Waals surface area contributed by atoms with E-state index in [2.05, 4.69) is 27.4 Å². The quantitative estimate of drug-likeness (QED) is 0.583. The van der Waals surface area contributed by atoms with Crippen molar-refractivity contribution in [3.8, 4) is 11.1 Å². The first kappa shape index (κ1) is 15.1. The van der Waals surface area contributed by atoms with Gasteiger partial charge in [-0.15, -0.1) is 0 Å². The Bertz CT molecular complexity index is 1000. The van der Waals surface area contributed by atoms with Crippen LogP contribution in [0.15, 0.2) is 79.1 Å². The summed E-state index contributed by atoms with van der Waals surface area (Å²) in [6, 6.07) is 24.0. The Balaban J connectivity index is 1.47. The highest BCUT2D eigenvalue weighted by Gasteiger charge is 2.08. The van der Waals surface area contributed by atoms with E-state index in [1.54, 1.807) is 6.33 Å². The summed E-state index contributed by atoms with van der Waals surface area (Å²) < 4.78 is 0. The van der Waals surface area contributed by atoms with Crippen LogP contribution in [0.1, 0.15) is 5.56 Å². The fraction of sp³-hybridized carbons (Fsp3) is 0.0476. The van der Waals surface area contributed by atoms with Crippen molar-refractivity contribution < 1.29 is 4.79 Å². The number of H-pyrrole nitrogens is 1. The first-order valence-electron chi connectivity index (χ1n) is 8.16. The maximum atomic E-state index is 12.4. The van der Waals surface area contributed by atoms with E-state index in [9.17, 15) is 4.79 Å². The molecule has 0 atom stereocenters. The lowest BCUT2D eigenvalue weighted by Gasteiger charge is -2.07. The van der Waals surface area contributed by atoms with E-state index < -0.39 is 0 Å². The van der Waals surface area contributed by atoms with E-state index in [1.807, 2.05) is 60.7 Å². The van der Waals surface area contributed by atoms with Crippen LogP contribution in [0.25, 0.3) is 22.2 Å². The van der Waals surface area contributed by atoms with Crippen LogP contribution in [0, 0.1) is 0 Å². The van der Waals surface area contributed by atoms with Crippen LogP contribution < -0.4 is 5.32 Å². The lowest BCUT2D eigenvalue weighted by molar-refractivity contribution is -0.115. The lowest BCUT2D eigenvalue weighted by Crippen LogP contribution is -2.14. The maximum Gasteiger partial charge on any atom is 0.228 e. The molecule has 0 aliphatic rings. The van der Waals surface area contributed by atoms with Crippen LogP contribution in [-0.4, -0.2) is 15.9 Å². The monoisotopic (exact) mass is 327 g/mol. The summed E-state index contributed by atoms with van der Waals surface area (Å²) in [5.74, 6) is -0.0528. The highest BCUT2D eigenvalue weighted by molar-refractivity contribution is 6.00. The molecule has 0 fully saturated rings. The molecule has 122 valence electrons. The van der Waals surface area contributed by atoms with Crippen molar-refractivity contribution in [3.63, 3.8) is 0 Å². The van der Waals surface area contributed by atoms with Crippen molar-refractivity contribution in [1.29, 1.82) is 0 Å². The molecule has 2 N–H and O–H groups in total. The van der Waals surface area contributed by atoms with E-state index >= 15 is 0 Å². The van der Waals surface area contributed by atoms with Crippen molar-refractivity contribution in [1.82, 2.24) is 9.97 Å². The Morgan fingerprint density at radius 3 is 2.44 bits per heavy atom. The summed E-state index contributed by atoms with van der Waals surface area (Å²) in [6.07, 6.45) is 1.96. The molecule has 1 aromatic heterocycles. The molecule has 0 unspecified atom stereocenters. The molecule has 4 nitrogen and oxygen atoms in total. The summed E-state index contributed by atoms with van der Waals surface area (Å²) in [4.78, 5) is 19.6. The largest absolute Gasteiger partial charge is 0.345 e. The molecular formula is C21H17N3O. The van der Waals surface area contributed by atoms with Crippen molar-refractivity contribution >= 4 is 22.6 Å². The molecule has 0 saturated carbocycles. The van der Waals surface area contributed by atoms with Gasteiger partial charge in [-0.25, -0.2) is 4.98 Å². The Kier molecular flexibility index (Phi) is 4.01. The van der Waals surface area contributed by atoms with Gasteiger partial charge in [-0.1, -0.05) is 60.7 Å². The summed E-state index contributed by atoms with van der Waals surface area (Å²) >= 11 is 0. The average Bonchev–Trinajstić information content (AvgIpc) is 3.13. The number of rotatable bonds is 4. The number of amides is 1. The number of aromatic nitrogens is 2. The maximum absolute atomic E-state index is 12.4. The first-order chi connectivity index (χ1) is 12.3. The van der Waals surface area contributed by atoms with Gasteiger partial charge >= 0.3 is 0 Å².